The zero-order valence-corrected chi connectivity index (χ0v) is 12.8. The SMILES string of the molecule is O=C(Cc1cccs1)NCCC(O)c1ccc2c(c1)OCO2. The van der Waals surface area contributed by atoms with Crippen LogP contribution in [-0.2, 0) is 11.2 Å². The van der Waals surface area contributed by atoms with E-state index in [2.05, 4.69) is 5.32 Å². The summed E-state index contributed by atoms with van der Waals surface area (Å²) in [5.41, 5.74) is 0.761. The molecular formula is C16H17NO4S. The zero-order valence-electron chi connectivity index (χ0n) is 12.0. The molecule has 0 bridgehead atoms. The minimum absolute atomic E-state index is 0.0275. The highest BCUT2D eigenvalue weighted by Gasteiger charge is 2.16. The monoisotopic (exact) mass is 319 g/mol. The number of rotatable bonds is 6. The molecule has 1 atom stereocenters. The second-order valence-corrected chi connectivity index (χ2v) is 6.06. The molecule has 1 aliphatic rings. The number of aliphatic hydroxyl groups is 1. The molecule has 2 heterocycles. The molecule has 1 aromatic carbocycles. The van der Waals surface area contributed by atoms with Crippen molar-refractivity contribution in [3.63, 3.8) is 0 Å². The first-order valence-corrected chi connectivity index (χ1v) is 7.97. The maximum absolute atomic E-state index is 11.8. The van der Waals surface area contributed by atoms with E-state index in [1.807, 2.05) is 23.6 Å². The van der Waals surface area contributed by atoms with E-state index >= 15 is 0 Å². The van der Waals surface area contributed by atoms with Gasteiger partial charge >= 0.3 is 0 Å². The molecule has 2 aromatic rings. The lowest BCUT2D eigenvalue weighted by atomic mass is 10.1. The quantitative estimate of drug-likeness (QED) is 0.857. The first-order chi connectivity index (χ1) is 10.7. The number of thiophene rings is 1. The Hall–Kier alpha value is -2.05. The fourth-order valence-corrected chi connectivity index (χ4v) is 2.97. The van der Waals surface area contributed by atoms with Gasteiger partial charge in [-0.3, -0.25) is 4.79 Å². The summed E-state index contributed by atoms with van der Waals surface area (Å²) in [5.74, 6) is 1.32. The normalized spacial score (nSPS) is 13.9. The van der Waals surface area contributed by atoms with E-state index in [0.717, 1.165) is 10.4 Å². The number of benzene rings is 1. The third-order valence-corrected chi connectivity index (χ3v) is 4.31. The number of amides is 1. The number of nitrogens with one attached hydrogen (secondary N) is 1. The molecule has 1 unspecified atom stereocenters. The first kappa shape index (κ1) is 14.9. The van der Waals surface area contributed by atoms with Crippen LogP contribution >= 0.6 is 11.3 Å². The Morgan fingerprint density at radius 3 is 3.00 bits per heavy atom. The Balaban J connectivity index is 1.46. The van der Waals surface area contributed by atoms with E-state index in [0.29, 0.717) is 30.9 Å². The highest BCUT2D eigenvalue weighted by molar-refractivity contribution is 7.10. The van der Waals surface area contributed by atoms with Crippen molar-refractivity contribution >= 4 is 17.2 Å². The highest BCUT2D eigenvalue weighted by atomic mass is 32.1. The molecule has 1 aromatic heterocycles. The molecular weight excluding hydrogens is 302 g/mol. The van der Waals surface area contributed by atoms with Crippen LogP contribution in [0, 0.1) is 0 Å². The molecule has 22 heavy (non-hydrogen) atoms. The van der Waals surface area contributed by atoms with E-state index in [1.165, 1.54) is 0 Å². The van der Waals surface area contributed by atoms with Crippen LogP contribution in [0.4, 0.5) is 0 Å². The van der Waals surface area contributed by atoms with Crippen LogP contribution in [0.15, 0.2) is 35.7 Å². The van der Waals surface area contributed by atoms with Crippen molar-refractivity contribution in [3.8, 4) is 11.5 Å². The van der Waals surface area contributed by atoms with Gasteiger partial charge in [0.15, 0.2) is 11.5 Å². The van der Waals surface area contributed by atoms with Crippen LogP contribution in [0.5, 0.6) is 11.5 Å². The molecule has 0 saturated carbocycles. The lowest BCUT2D eigenvalue weighted by Gasteiger charge is -2.12. The molecule has 0 spiro atoms. The van der Waals surface area contributed by atoms with Gasteiger partial charge < -0.3 is 19.9 Å². The molecule has 0 fully saturated rings. The summed E-state index contributed by atoms with van der Waals surface area (Å²) < 4.78 is 10.5. The summed E-state index contributed by atoms with van der Waals surface area (Å²) in [4.78, 5) is 12.8. The summed E-state index contributed by atoms with van der Waals surface area (Å²) in [7, 11) is 0. The summed E-state index contributed by atoms with van der Waals surface area (Å²) in [6, 6.07) is 9.24. The van der Waals surface area contributed by atoms with Gasteiger partial charge in [0, 0.05) is 11.4 Å². The van der Waals surface area contributed by atoms with Gasteiger partial charge in [-0.2, -0.15) is 0 Å². The van der Waals surface area contributed by atoms with Crippen molar-refractivity contribution in [2.45, 2.75) is 18.9 Å². The van der Waals surface area contributed by atoms with Gasteiger partial charge in [0.05, 0.1) is 12.5 Å². The van der Waals surface area contributed by atoms with E-state index in [4.69, 9.17) is 9.47 Å². The Bertz CT molecular complexity index is 642. The third kappa shape index (κ3) is 3.58. The Kier molecular flexibility index (Phi) is 4.60. The summed E-state index contributed by atoms with van der Waals surface area (Å²) >= 11 is 1.56. The summed E-state index contributed by atoms with van der Waals surface area (Å²) in [6.45, 7) is 0.646. The van der Waals surface area contributed by atoms with Crippen molar-refractivity contribution in [1.29, 1.82) is 0 Å². The zero-order chi connectivity index (χ0) is 15.4. The Morgan fingerprint density at radius 2 is 2.18 bits per heavy atom. The van der Waals surface area contributed by atoms with Gasteiger partial charge in [0.25, 0.3) is 0 Å². The molecule has 1 aliphatic heterocycles. The standard InChI is InChI=1S/C16H17NO4S/c18-13(11-3-4-14-15(8-11)21-10-20-14)5-6-17-16(19)9-12-2-1-7-22-12/h1-4,7-8,13,18H,5-6,9-10H2,(H,17,19). The molecule has 0 radical (unpaired) electrons. The molecule has 5 nitrogen and oxygen atoms in total. The van der Waals surface area contributed by atoms with Gasteiger partial charge in [-0.05, 0) is 35.6 Å². The van der Waals surface area contributed by atoms with E-state index in [1.54, 1.807) is 23.5 Å². The largest absolute Gasteiger partial charge is 0.454 e. The molecule has 0 aliphatic carbocycles. The van der Waals surface area contributed by atoms with E-state index in [9.17, 15) is 9.90 Å². The molecule has 3 rings (SSSR count). The number of carbonyl (C=O) groups is 1. The number of hydrogen-bond donors (Lipinski definition) is 2. The first-order valence-electron chi connectivity index (χ1n) is 7.09. The van der Waals surface area contributed by atoms with Crippen LogP contribution in [0.2, 0.25) is 0 Å². The molecule has 116 valence electrons. The molecule has 1 amide bonds. The van der Waals surface area contributed by atoms with Crippen LogP contribution in [0.1, 0.15) is 23.0 Å². The minimum Gasteiger partial charge on any atom is -0.454 e. The van der Waals surface area contributed by atoms with Gasteiger partial charge in [0.1, 0.15) is 0 Å². The smallest absolute Gasteiger partial charge is 0.231 e. The molecule has 6 heteroatoms. The Labute approximate surface area is 132 Å². The maximum Gasteiger partial charge on any atom is 0.231 e. The van der Waals surface area contributed by atoms with Crippen LogP contribution in [-0.4, -0.2) is 24.4 Å². The van der Waals surface area contributed by atoms with Crippen LogP contribution < -0.4 is 14.8 Å². The number of fused-ring (bicyclic) bond motifs is 1. The third-order valence-electron chi connectivity index (χ3n) is 3.44. The second kappa shape index (κ2) is 6.81. The average Bonchev–Trinajstić information content (AvgIpc) is 3.17. The predicted molar refractivity (Wildman–Crippen MR) is 83.2 cm³/mol. The maximum atomic E-state index is 11.8. The molecule has 2 N–H and O–H groups in total. The predicted octanol–water partition coefficient (Wildman–Crippen LogP) is 2.26. The molecule has 0 saturated heterocycles. The second-order valence-electron chi connectivity index (χ2n) is 5.02. The van der Waals surface area contributed by atoms with Gasteiger partial charge in [0.2, 0.25) is 12.7 Å². The number of ether oxygens (including phenoxy) is 2. The summed E-state index contributed by atoms with van der Waals surface area (Å²) in [6.07, 6.45) is 0.199. The fraction of sp³-hybridized carbons (Fsp3) is 0.312. The summed E-state index contributed by atoms with van der Waals surface area (Å²) in [5, 5.41) is 15.0. The number of hydrogen-bond acceptors (Lipinski definition) is 5. The fourth-order valence-electron chi connectivity index (χ4n) is 2.27. The van der Waals surface area contributed by atoms with Crippen molar-refractivity contribution in [3.05, 3.63) is 46.2 Å². The topological polar surface area (TPSA) is 67.8 Å². The minimum atomic E-state index is -0.642. The average molecular weight is 319 g/mol. The van der Waals surface area contributed by atoms with E-state index in [-0.39, 0.29) is 12.7 Å². The van der Waals surface area contributed by atoms with Gasteiger partial charge in [-0.1, -0.05) is 12.1 Å². The highest BCUT2D eigenvalue weighted by Crippen LogP contribution is 2.34. The Morgan fingerprint density at radius 1 is 1.32 bits per heavy atom. The lowest BCUT2D eigenvalue weighted by molar-refractivity contribution is -0.120. The van der Waals surface area contributed by atoms with Crippen molar-refractivity contribution < 1.29 is 19.4 Å². The number of aliphatic hydroxyl groups excluding tert-OH is 1. The van der Waals surface area contributed by atoms with Gasteiger partial charge in [-0.25, -0.2) is 0 Å². The van der Waals surface area contributed by atoms with Crippen molar-refractivity contribution in [2.24, 2.45) is 0 Å². The van der Waals surface area contributed by atoms with Crippen molar-refractivity contribution in [2.75, 3.05) is 13.3 Å². The van der Waals surface area contributed by atoms with Crippen LogP contribution in [0.3, 0.4) is 0 Å². The van der Waals surface area contributed by atoms with Crippen LogP contribution in [0.25, 0.3) is 0 Å². The van der Waals surface area contributed by atoms with Gasteiger partial charge in [-0.15, -0.1) is 11.3 Å². The van der Waals surface area contributed by atoms with E-state index < -0.39 is 6.10 Å². The van der Waals surface area contributed by atoms with Crippen molar-refractivity contribution in [1.82, 2.24) is 5.32 Å². The lowest BCUT2D eigenvalue weighted by Crippen LogP contribution is -2.26. The number of carbonyl (C=O) groups excluding carboxylic acids is 1.